The Kier molecular flexibility index (Phi) is 6.98. The molecule has 27 heavy (non-hydrogen) atoms. The monoisotopic (exact) mass is 411 g/mol. The van der Waals surface area contributed by atoms with Gasteiger partial charge in [-0.3, -0.25) is 14.5 Å². The molecule has 1 aromatic carbocycles. The Morgan fingerprint density at radius 3 is 2.48 bits per heavy atom. The standard InChI is InChI=1S/C17H22ClN5O3S/c1-17(2,3)26-16(25)20-9-8-19-13(24)10-23-14(21-22-15(23)27)11-4-6-12(18)7-5-11/h4-7H,8-10H2,1-3H3,(H,19,24)(H,20,25)(H,22,27). The number of alkyl carbamates (subject to hydrolysis) is 1. The van der Waals surface area contributed by atoms with Gasteiger partial charge in [-0.1, -0.05) is 11.6 Å². The summed E-state index contributed by atoms with van der Waals surface area (Å²) < 4.78 is 7.04. The fourth-order valence-corrected chi connectivity index (χ4v) is 2.49. The number of halogens is 1. The van der Waals surface area contributed by atoms with E-state index in [1.54, 1.807) is 49.6 Å². The molecular weight excluding hydrogens is 390 g/mol. The second kappa shape index (κ2) is 9.01. The molecule has 3 N–H and O–H groups in total. The van der Waals surface area contributed by atoms with Crippen LogP contribution in [-0.2, 0) is 16.1 Å². The molecule has 0 aliphatic carbocycles. The molecule has 0 radical (unpaired) electrons. The first-order chi connectivity index (χ1) is 12.7. The molecule has 0 atom stereocenters. The van der Waals surface area contributed by atoms with Gasteiger partial charge >= 0.3 is 6.09 Å². The van der Waals surface area contributed by atoms with Crippen molar-refractivity contribution in [3.63, 3.8) is 0 Å². The predicted octanol–water partition coefficient (Wildman–Crippen LogP) is 2.90. The highest BCUT2D eigenvalue weighted by atomic mass is 35.5. The normalized spacial score (nSPS) is 11.1. The minimum absolute atomic E-state index is 0.000267. The number of carbonyl (C=O) groups is 2. The number of nitrogens with one attached hydrogen (secondary N) is 3. The van der Waals surface area contributed by atoms with Crippen molar-refractivity contribution in [3.8, 4) is 11.4 Å². The fourth-order valence-electron chi connectivity index (χ4n) is 2.16. The van der Waals surface area contributed by atoms with Crippen molar-refractivity contribution in [1.82, 2.24) is 25.4 Å². The molecule has 0 fully saturated rings. The van der Waals surface area contributed by atoms with E-state index in [9.17, 15) is 9.59 Å². The number of hydrogen-bond acceptors (Lipinski definition) is 5. The van der Waals surface area contributed by atoms with E-state index in [0.29, 0.717) is 15.6 Å². The average Bonchev–Trinajstić information content (AvgIpc) is 2.92. The molecule has 8 nitrogen and oxygen atoms in total. The van der Waals surface area contributed by atoms with Crippen LogP contribution in [0.1, 0.15) is 20.8 Å². The van der Waals surface area contributed by atoms with Crippen LogP contribution in [0.3, 0.4) is 0 Å². The Balaban J connectivity index is 1.88. The van der Waals surface area contributed by atoms with E-state index in [-0.39, 0.29) is 25.5 Å². The summed E-state index contributed by atoms with van der Waals surface area (Å²) in [5, 5.41) is 12.8. The molecule has 0 spiro atoms. The third kappa shape index (κ3) is 6.69. The summed E-state index contributed by atoms with van der Waals surface area (Å²) >= 11 is 11.1. The number of amides is 2. The van der Waals surface area contributed by atoms with E-state index in [1.165, 1.54) is 0 Å². The van der Waals surface area contributed by atoms with Crippen LogP contribution in [-0.4, -0.2) is 45.5 Å². The summed E-state index contributed by atoms with van der Waals surface area (Å²) in [4.78, 5) is 23.7. The Labute approximate surface area is 167 Å². The van der Waals surface area contributed by atoms with E-state index in [1.807, 2.05) is 0 Å². The van der Waals surface area contributed by atoms with Gasteiger partial charge in [0.15, 0.2) is 10.6 Å². The quantitative estimate of drug-likeness (QED) is 0.501. The number of aromatic nitrogens is 3. The van der Waals surface area contributed by atoms with Crippen LogP contribution < -0.4 is 10.6 Å². The second-order valence-electron chi connectivity index (χ2n) is 6.72. The first-order valence-electron chi connectivity index (χ1n) is 8.30. The van der Waals surface area contributed by atoms with Crippen molar-refractivity contribution in [1.29, 1.82) is 0 Å². The van der Waals surface area contributed by atoms with Crippen LogP contribution in [0.25, 0.3) is 11.4 Å². The van der Waals surface area contributed by atoms with Crippen LogP contribution in [0.15, 0.2) is 24.3 Å². The van der Waals surface area contributed by atoms with Gasteiger partial charge in [0.2, 0.25) is 5.91 Å². The number of hydrogen-bond donors (Lipinski definition) is 3. The number of carbonyl (C=O) groups excluding carboxylic acids is 2. The lowest BCUT2D eigenvalue weighted by atomic mass is 10.2. The molecule has 10 heteroatoms. The Morgan fingerprint density at radius 1 is 1.22 bits per heavy atom. The SMILES string of the molecule is CC(C)(C)OC(=O)NCCNC(=O)Cn1c(-c2ccc(Cl)cc2)n[nH]c1=S. The van der Waals surface area contributed by atoms with Gasteiger partial charge in [0.05, 0.1) is 0 Å². The number of aromatic amines is 1. The molecule has 0 aliphatic rings. The van der Waals surface area contributed by atoms with Crippen molar-refractivity contribution < 1.29 is 14.3 Å². The van der Waals surface area contributed by atoms with E-state index >= 15 is 0 Å². The molecule has 0 aliphatic heterocycles. The van der Waals surface area contributed by atoms with E-state index in [4.69, 9.17) is 28.6 Å². The third-order valence-corrected chi connectivity index (χ3v) is 3.84. The maximum absolute atomic E-state index is 12.2. The molecule has 0 saturated heterocycles. The van der Waals surface area contributed by atoms with Gasteiger partial charge in [0.1, 0.15) is 12.1 Å². The molecule has 1 heterocycles. The highest BCUT2D eigenvalue weighted by Crippen LogP contribution is 2.19. The lowest BCUT2D eigenvalue weighted by Crippen LogP contribution is -2.38. The lowest BCUT2D eigenvalue weighted by Gasteiger charge is -2.19. The van der Waals surface area contributed by atoms with E-state index in [0.717, 1.165) is 5.56 Å². The van der Waals surface area contributed by atoms with Gasteiger partial charge in [-0.05, 0) is 57.3 Å². The van der Waals surface area contributed by atoms with Crippen molar-refractivity contribution in [2.75, 3.05) is 13.1 Å². The van der Waals surface area contributed by atoms with Crippen molar-refractivity contribution in [3.05, 3.63) is 34.1 Å². The van der Waals surface area contributed by atoms with Crippen LogP contribution in [0, 0.1) is 4.77 Å². The average molecular weight is 412 g/mol. The van der Waals surface area contributed by atoms with Crippen LogP contribution in [0.4, 0.5) is 4.79 Å². The van der Waals surface area contributed by atoms with Crippen LogP contribution in [0.5, 0.6) is 0 Å². The van der Waals surface area contributed by atoms with Gasteiger partial charge in [-0.15, -0.1) is 0 Å². The number of rotatable bonds is 6. The van der Waals surface area contributed by atoms with E-state index in [2.05, 4.69) is 20.8 Å². The zero-order valence-corrected chi connectivity index (χ0v) is 16.9. The molecule has 1 aromatic heterocycles. The maximum atomic E-state index is 12.2. The van der Waals surface area contributed by atoms with Gasteiger partial charge in [-0.2, -0.15) is 5.10 Å². The molecule has 0 saturated carbocycles. The third-order valence-electron chi connectivity index (χ3n) is 3.28. The first-order valence-corrected chi connectivity index (χ1v) is 9.09. The zero-order chi connectivity index (χ0) is 20.0. The second-order valence-corrected chi connectivity index (χ2v) is 7.55. The molecule has 0 unspecified atom stereocenters. The van der Waals surface area contributed by atoms with Gasteiger partial charge < -0.3 is 15.4 Å². The molecular formula is C17H22ClN5O3S. The van der Waals surface area contributed by atoms with Crippen LogP contribution in [0.2, 0.25) is 5.02 Å². The summed E-state index contributed by atoms with van der Waals surface area (Å²) in [6.45, 7) is 5.85. The highest BCUT2D eigenvalue weighted by Gasteiger charge is 2.16. The van der Waals surface area contributed by atoms with Crippen molar-refractivity contribution >= 4 is 35.8 Å². The number of ether oxygens (including phenoxy) is 1. The Bertz CT molecular complexity index is 855. The summed E-state index contributed by atoms with van der Waals surface area (Å²) in [5.41, 5.74) is 0.217. The predicted molar refractivity (Wildman–Crippen MR) is 105 cm³/mol. The summed E-state index contributed by atoms with van der Waals surface area (Å²) in [5.74, 6) is 0.285. The lowest BCUT2D eigenvalue weighted by molar-refractivity contribution is -0.121. The number of benzene rings is 1. The van der Waals surface area contributed by atoms with Gasteiger partial charge in [-0.25, -0.2) is 4.79 Å². The molecule has 146 valence electrons. The Hall–Kier alpha value is -2.39. The molecule has 2 amide bonds. The van der Waals surface area contributed by atoms with E-state index < -0.39 is 11.7 Å². The zero-order valence-electron chi connectivity index (χ0n) is 15.3. The van der Waals surface area contributed by atoms with Crippen molar-refractivity contribution in [2.24, 2.45) is 0 Å². The van der Waals surface area contributed by atoms with Crippen molar-refractivity contribution in [2.45, 2.75) is 32.9 Å². The molecule has 2 rings (SSSR count). The first kappa shape index (κ1) is 20.9. The molecule has 0 bridgehead atoms. The fraction of sp³-hybridized carbons (Fsp3) is 0.412. The number of nitrogens with zero attached hydrogens (tertiary/aromatic N) is 2. The highest BCUT2D eigenvalue weighted by molar-refractivity contribution is 7.71. The van der Waals surface area contributed by atoms with Gasteiger partial charge in [0.25, 0.3) is 0 Å². The number of H-pyrrole nitrogens is 1. The smallest absolute Gasteiger partial charge is 0.407 e. The minimum atomic E-state index is -0.566. The summed E-state index contributed by atoms with van der Waals surface area (Å²) in [7, 11) is 0. The topological polar surface area (TPSA) is 101 Å². The van der Waals surface area contributed by atoms with Gasteiger partial charge in [0, 0.05) is 23.7 Å². The Morgan fingerprint density at radius 2 is 1.85 bits per heavy atom. The summed E-state index contributed by atoms with van der Waals surface area (Å²) in [6, 6.07) is 7.07. The minimum Gasteiger partial charge on any atom is -0.444 e. The molecule has 2 aromatic rings. The summed E-state index contributed by atoms with van der Waals surface area (Å²) in [6.07, 6.45) is -0.529. The maximum Gasteiger partial charge on any atom is 0.407 e. The van der Waals surface area contributed by atoms with Crippen LogP contribution >= 0.6 is 23.8 Å². The largest absolute Gasteiger partial charge is 0.444 e.